The lowest BCUT2D eigenvalue weighted by Gasteiger charge is -2.28. The Hall–Kier alpha value is -2.07. The second-order valence-corrected chi connectivity index (χ2v) is 6.94. The Morgan fingerprint density at radius 1 is 1.04 bits per heavy atom. The molecule has 4 nitrogen and oxygen atoms in total. The highest BCUT2D eigenvalue weighted by molar-refractivity contribution is 6.07. The summed E-state index contributed by atoms with van der Waals surface area (Å²) >= 11 is 0. The van der Waals surface area contributed by atoms with Gasteiger partial charge < -0.3 is 10.5 Å². The van der Waals surface area contributed by atoms with Crippen molar-refractivity contribution >= 4 is 22.4 Å². The predicted octanol–water partition coefficient (Wildman–Crippen LogP) is 4.87. The Labute approximate surface area is 157 Å². The maximum Gasteiger partial charge on any atom is 0.338 e. The van der Waals surface area contributed by atoms with E-state index in [0.29, 0.717) is 17.9 Å². The number of rotatable bonds is 10. The Bertz CT molecular complexity index is 706. The monoisotopic (exact) mass is 356 g/mol. The summed E-state index contributed by atoms with van der Waals surface area (Å²) in [6.45, 7) is 9.06. The molecule has 2 aromatic carbocycles. The molecule has 0 aliphatic carbocycles. The highest BCUT2D eigenvalue weighted by atomic mass is 16.5. The van der Waals surface area contributed by atoms with E-state index in [1.54, 1.807) is 12.1 Å². The first-order chi connectivity index (χ1) is 12.6. The molecule has 0 spiro atoms. The minimum absolute atomic E-state index is 0.220. The summed E-state index contributed by atoms with van der Waals surface area (Å²) in [6, 6.07) is 11.4. The van der Waals surface area contributed by atoms with Gasteiger partial charge in [0.05, 0.1) is 5.56 Å². The second-order valence-electron chi connectivity index (χ2n) is 6.94. The van der Waals surface area contributed by atoms with Gasteiger partial charge in [0.25, 0.3) is 0 Å². The third kappa shape index (κ3) is 5.21. The first kappa shape index (κ1) is 20.2. The molecular weight excluding hydrogens is 324 g/mol. The van der Waals surface area contributed by atoms with Gasteiger partial charge in [0.1, 0.15) is 6.61 Å². The molecule has 2 aromatic rings. The average molecular weight is 357 g/mol. The minimum atomic E-state index is -0.279. The zero-order valence-electron chi connectivity index (χ0n) is 16.3. The van der Waals surface area contributed by atoms with E-state index in [2.05, 4.69) is 25.7 Å². The highest BCUT2D eigenvalue weighted by Gasteiger charge is 2.17. The molecule has 142 valence electrons. The molecule has 1 unspecified atom stereocenters. The van der Waals surface area contributed by atoms with E-state index < -0.39 is 0 Å². The largest absolute Gasteiger partial charge is 0.460 e. The maximum absolute atomic E-state index is 12.6. The van der Waals surface area contributed by atoms with Gasteiger partial charge >= 0.3 is 5.97 Å². The van der Waals surface area contributed by atoms with Crippen LogP contribution in [-0.4, -0.2) is 36.6 Å². The van der Waals surface area contributed by atoms with Crippen molar-refractivity contribution in [3.63, 3.8) is 0 Å². The molecule has 26 heavy (non-hydrogen) atoms. The molecule has 4 heteroatoms. The molecule has 0 aliphatic heterocycles. The number of hydrogen-bond acceptors (Lipinski definition) is 4. The number of esters is 1. The predicted molar refractivity (Wildman–Crippen MR) is 109 cm³/mol. The third-order valence-corrected chi connectivity index (χ3v) is 4.85. The molecule has 0 heterocycles. The van der Waals surface area contributed by atoms with Crippen molar-refractivity contribution in [3.8, 4) is 0 Å². The fourth-order valence-electron chi connectivity index (χ4n) is 3.15. The SMILES string of the molecule is CCCCN(CCCC)C(C)COC(=O)c1ccc(N)c2ccccc12. The van der Waals surface area contributed by atoms with Crippen molar-refractivity contribution in [3.05, 3.63) is 42.0 Å². The first-order valence-corrected chi connectivity index (χ1v) is 9.76. The molecule has 0 radical (unpaired) electrons. The van der Waals surface area contributed by atoms with Gasteiger partial charge in [0, 0.05) is 17.1 Å². The van der Waals surface area contributed by atoms with Gasteiger partial charge in [-0.2, -0.15) is 0 Å². The van der Waals surface area contributed by atoms with E-state index in [1.807, 2.05) is 24.3 Å². The van der Waals surface area contributed by atoms with E-state index in [-0.39, 0.29) is 12.0 Å². The normalized spacial score (nSPS) is 12.5. The number of benzene rings is 2. The zero-order chi connectivity index (χ0) is 18.9. The fourth-order valence-corrected chi connectivity index (χ4v) is 3.15. The molecule has 0 saturated heterocycles. The summed E-state index contributed by atoms with van der Waals surface area (Å²) in [7, 11) is 0. The summed E-state index contributed by atoms with van der Waals surface area (Å²) < 4.78 is 5.66. The van der Waals surface area contributed by atoms with Crippen LogP contribution in [0.3, 0.4) is 0 Å². The van der Waals surface area contributed by atoms with Crippen molar-refractivity contribution in [1.29, 1.82) is 0 Å². The molecule has 1 atom stereocenters. The summed E-state index contributed by atoms with van der Waals surface area (Å²) in [6.07, 6.45) is 4.69. The smallest absolute Gasteiger partial charge is 0.338 e. The third-order valence-electron chi connectivity index (χ3n) is 4.85. The minimum Gasteiger partial charge on any atom is -0.460 e. The van der Waals surface area contributed by atoms with E-state index in [9.17, 15) is 4.79 Å². The lowest BCUT2D eigenvalue weighted by Crippen LogP contribution is -2.38. The van der Waals surface area contributed by atoms with Crippen LogP contribution in [0, 0.1) is 0 Å². The maximum atomic E-state index is 12.6. The Kier molecular flexibility index (Phi) is 7.92. The Morgan fingerprint density at radius 3 is 2.27 bits per heavy atom. The van der Waals surface area contributed by atoms with Crippen molar-refractivity contribution in [2.24, 2.45) is 0 Å². The molecule has 2 rings (SSSR count). The van der Waals surface area contributed by atoms with Crippen LogP contribution in [-0.2, 0) is 4.74 Å². The number of nitrogens with two attached hydrogens (primary N) is 1. The van der Waals surface area contributed by atoms with E-state index in [0.717, 1.165) is 23.9 Å². The van der Waals surface area contributed by atoms with Crippen molar-refractivity contribution < 1.29 is 9.53 Å². The van der Waals surface area contributed by atoms with E-state index in [4.69, 9.17) is 10.5 Å². The summed E-state index contributed by atoms with van der Waals surface area (Å²) in [5.74, 6) is -0.279. The summed E-state index contributed by atoms with van der Waals surface area (Å²) in [4.78, 5) is 15.1. The fraction of sp³-hybridized carbons (Fsp3) is 0.500. The number of nitrogen functional groups attached to an aromatic ring is 1. The van der Waals surface area contributed by atoms with Crippen LogP contribution in [0.5, 0.6) is 0 Å². The van der Waals surface area contributed by atoms with Crippen molar-refractivity contribution in [1.82, 2.24) is 4.90 Å². The van der Waals surface area contributed by atoms with Gasteiger partial charge in [-0.25, -0.2) is 4.79 Å². The summed E-state index contributed by atoms with van der Waals surface area (Å²) in [5, 5.41) is 1.74. The van der Waals surface area contributed by atoms with Crippen LogP contribution in [0.25, 0.3) is 10.8 Å². The number of ether oxygens (including phenoxy) is 1. The average Bonchev–Trinajstić information content (AvgIpc) is 2.66. The lowest BCUT2D eigenvalue weighted by atomic mass is 10.0. The van der Waals surface area contributed by atoms with Crippen LogP contribution in [0.4, 0.5) is 5.69 Å². The number of anilines is 1. The zero-order valence-corrected chi connectivity index (χ0v) is 16.3. The number of fused-ring (bicyclic) bond motifs is 1. The van der Waals surface area contributed by atoms with Gasteiger partial charge in [-0.3, -0.25) is 4.90 Å². The molecule has 2 N–H and O–H groups in total. The number of hydrogen-bond donors (Lipinski definition) is 1. The van der Waals surface area contributed by atoms with Gasteiger partial charge in [-0.1, -0.05) is 51.0 Å². The van der Waals surface area contributed by atoms with Gasteiger partial charge in [-0.15, -0.1) is 0 Å². The number of carbonyl (C=O) groups excluding carboxylic acids is 1. The van der Waals surface area contributed by atoms with Gasteiger partial charge in [0.2, 0.25) is 0 Å². The number of nitrogens with zero attached hydrogens (tertiary/aromatic N) is 1. The Morgan fingerprint density at radius 2 is 1.65 bits per heavy atom. The van der Waals surface area contributed by atoms with Crippen LogP contribution < -0.4 is 5.73 Å². The van der Waals surface area contributed by atoms with Crippen LogP contribution in [0.2, 0.25) is 0 Å². The van der Waals surface area contributed by atoms with E-state index >= 15 is 0 Å². The summed E-state index contributed by atoms with van der Waals surface area (Å²) in [5.41, 5.74) is 7.28. The van der Waals surface area contributed by atoms with Crippen molar-refractivity contribution in [2.75, 3.05) is 25.4 Å². The van der Waals surface area contributed by atoms with Crippen LogP contribution in [0.15, 0.2) is 36.4 Å². The van der Waals surface area contributed by atoms with Crippen LogP contribution >= 0.6 is 0 Å². The molecule has 0 fully saturated rings. The lowest BCUT2D eigenvalue weighted by molar-refractivity contribution is 0.0369. The van der Waals surface area contributed by atoms with Crippen molar-refractivity contribution in [2.45, 2.75) is 52.5 Å². The topological polar surface area (TPSA) is 55.6 Å². The molecule has 0 bridgehead atoms. The molecular formula is C22H32N2O2. The quantitative estimate of drug-likeness (QED) is 0.487. The Balaban J connectivity index is 2.04. The molecule has 0 aliphatic rings. The standard InChI is InChI=1S/C22H32N2O2/c1-4-6-14-24(15-7-5-2)17(3)16-26-22(25)20-12-13-21(23)19-11-9-8-10-18(19)20/h8-13,17H,4-7,14-16,23H2,1-3H3. The number of carbonyl (C=O) groups is 1. The van der Waals surface area contributed by atoms with Gasteiger partial charge in [0.15, 0.2) is 0 Å². The molecule has 0 aromatic heterocycles. The number of unbranched alkanes of at least 4 members (excludes halogenated alkanes) is 2. The van der Waals surface area contributed by atoms with E-state index in [1.165, 1.54) is 25.7 Å². The second kappa shape index (κ2) is 10.2. The molecule has 0 saturated carbocycles. The van der Waals surface area contributed by atoms with Gasteiger partial charge in [-0.05, 0) is 50.4 Å². The first-order valence-electron chi connectivity index (χ1n) is 9.76. The van der Waals surface area contributed by atoms with Crippen LogP contribution in [0.1, 0.15) is 56.8 Å². The highest BCUT2D eigenvalue weighted by Crippen LogP contribution is 2.25. The molecule has 0 amide bonds.